The van der Waals surface area contributed by atoms with Gasteiger partial charge in [-0.25, -0.2) is 0 Å². The molecule has 0 unspecified atom stereocenters. The number of Topliss-reactive ketones (excluding diaryl/α,β-unsaturated/α-hetero) is 1. The molecule has 1 aliphatic carbocycles. The first-order valence-electron chi connectivity index (χ1n) is 10.2. The molecule has 2 aliphatic rings. The maximum Gasteiger partial charge on any atom is 0.425 e. The largest absolute Gasteiger partial charge is 0.425 e. The Hall–Kier alpha value is -2.35. The Morgan fingerprint density at radius 2 is 1.72 bits per heavy atom. The molecule has 0 spiro atoms. The van der Waals surface area contributed by atoms with Gasteiger partial charge in [0.25, 0.3) is 5.91 Å². The van der Waals surface area contributed by atoms with Crippen molar-refractivity contribution in [2.45, 2.75) is 65.7 Å². The molecule has 5 nitrogen and oxygen atoms in total. The summed E-state index contributed by atoms with van der Waals surface area (Å²) < 4.78 is 44.0. The zero-order valence-corrected chi connectivity index (χ0v) is 19.4. The molecule has 1 N–H and O–H groups in total. The van der Waals surface area contributed by atoms with E-state index < -0.39 is 45.7 Å². The summed E-state index contributed by atoms with van der Waals surface area (Å²) in [5.74, 6) is -3.16. The van der Waals surface area contributed by atoms with E-state index in [4.69, 9.17) is 11.6 Å². The SMILES string of the molecule is CC1(C)CC(=O)C2=C(C1)N(Cc1ccccc1Cl)C(=O)[C@@]2(NC(=O)C(C)(C)C)C(F)(F)F. The minimum Gasteiger partial charge on any atom is -0.330 e. The van der Waals surface area contributed by atoms with Gasteiger partial charge in [0.05, 0.1) is 12.1 Å². The van der Waals surface area contributed by atoms with Gasteiger partial charge in [0.2, 0.25) is 11.4 Å². The number of carbonyl (C=O) groups excluding carboxylic acids is 3. The van der Waals surface area contributed by atoms with Crippen LogP contribution in [0.1, 0.15) is 53.0 Å². The van der Waals surface area contributed by atoms with Crippen LogP contribution in [0.3, 0.4) is 0 Å². The van der Waals surface area contributed by atoms with Crippen LogP contribution in [-0.2, 0) is 20.9 Å². The average Bonchev–Trinajstić information content (AvgIpc) is 2.84. The molecular weight excluding hydrogens is 445 g/mol. The summed E-state index contributed by atoms with van der Waals surface area (Å²) in [5, 5.41) is 2.23. The van der Waals surface area contributed by atoms with Gasteiger partial charge >= 0.3 is 6.18 Å². The average molecular weight is 471 g/mol. The minimum absolute atomic E-state index is 0.0114. The summed E-state index contributed by atoms with van der Waals surface area (Å²) >= 11 is 6.20. The lowest BCUT2D eigenvalue weighted by Gasteiger charge is -2.37. The molecule has 3 rings (SSSR count). The summed E-state index contributed by atoms with van der Waals surface area (Å²) in [7, 11) is 0. The lowest BCUT2D eigenvalue weighted by Crippen LogP contribution is -2.67. The molecule has 174 valence electrons. The normalized spacial score (nSPS) is 23.5. The topological polar surface area (TPSA) is 66.5 Å². The van der Waals surface area contributed by atoms with Crippen molar-refractivity contribution < 1.29 is 27.6 Å². The number of hydrogen-bond acceptors (Lipinski definition) is 3. The molecule has 32 heavy (non-hydrogen) atoms. The van der Waals surface area contributed by atoms with Crippen LogP contribution in [0, 0.1) is 10.8 Å². The first kappa shape index (κ1) is 24.3. The summed E-state index contributed by atoms with van der Waals surface area (Å²) in [6.07, 6.45) is -5.31. The number of rotatable bonds is 3. The Balaban J connectivity index is 2.24. The second-order valence-electron chi connectivity index (χ2n) is 10.2. The molecule has 1 aliphatic heterocycles. The van der Waals surface area contributed by atoms with Crippen molar-refractivity contribution in [3.8, 4) is 0 Å². The lowest BCUT2D eigenvalue weighted by atomic mass is 9.72. The summed E-state index contributed by atoms with van der Waals surface area (Å²) in [6.45, 7) is 7.59. The predicted molar refractivity (Wildman–Crippen MR) is 113 cm³/mol. The number of benzene rings is 1. The highest BCUT2D eigenvalue weighted by Gasteiger charge is 2.71. The maximum absolute atomic E-state index is 14.7. The van der Waals surface area contributed by atoms with Crippen LogP contribution in [0.5, 0.6) is 0 Å². The van der Waals surface area contributed by atoms with Crippen molar-refractivity contribution in [1.82, 2.24) is 10.2 Å². The Morgan fingerprint density at radius 1 is 1.12 bits per heavy atom. The van der Waals surface area contributed by atoms with Gasteiger partial charge in [-0.2, -0.15) is 13.2 Å². The zero-order chi connectivity index (χ0) is 24.3. The van der Waals surface area contributed by atoms with Crippen LogP contribution in [0.2, 0.25) is 5.02 Å². The van der Waals surface area contributed by atoms with Crippen molar-refractivity contribution in [2.75, 3.05) is 0 Å². The summed E-state index contributed by atoms with van der Waals surface area (Å²) in [6, 6.07) is 6.50. The van der Waals surface area contributed by atoms with Gasteiger partial charge in [-0.1, -0.05) is 64.4 Å². The predicted octanol–water partition coefficient (Wildman–Crippen LogP) is 4.79. The second-order valence-corrected chi connectivity index (χ2v) is 10.6. The smallest absolute Gasteiger partial charge is 0.330 e. The van der Waals surface area contributed by atoms with E-state index in [-0.39, 0.29) is 30.1 Å². The molecule has 2 amide bonds. The van der Waals surface area contributed by atoms with E-state index in [1.165, 1.54) is 20.8 Å². The van der Waals surface area contributed by atoms with Crippen molar-refractivity contribution in [2.24, 2.45) is 10.8 Å². The fourth-order valence-electron chi connectivity index (χ4n) is 4.15. The maximum atomic E-state index is 14.7. The number of allylic oxidation sites excluding steroid dienone is 1. The Morgan fingerprint density at radius 3 is 2.25 bits per heavy atom. The van der Waals surface area contributed by atoms with E-state index >= 15 is 0 Å². The van der Waals surface area contributed by atoms with Gasteiger partial charge < -0.3 is 10.2 Å². The van der Waals surface area contributed by atoms with E-state index in [0.717, 1.165) is 4.90 Å². The third kappa shape index (κ3) is 3.93. The van der Waals surface area contributed by atoms with E-state index in [0.29, 0.717) is 5.56 Å². The highest BCUT2D eigenvalue weighted by molar-refractivity contribution is 6.31. The number of amides is 2. The highest BCUT2D eigenvalue weighted by atomic mass is 35.5. The van der Waals surface area contributed by atoms with Crippen LogP contribution in [0.4, 0.5) is 13.2 Å². The van der Waals surface area contributed by atoms with Crippen LogP contribution >= 0.6 is 11.6 Å². The highest BCUT2D eigenvalue weighted by Crippen LogP contribution is 2.52. The van der Waals surface area contributed by atoms with Gasteiger partial charge in [-0.3, -0.25) is 14.4 Å². The summed E-state index contributed by atoms with van der Waals surface area (Å²) in [5.41, 5.74) is -5.55. The van der Waals surface area contributed by atoms with Crippen molar-refractivity contribution in [3.63, 3.8) is 0 Å². The molecule has 9 heteroatoms. The number of halogens is 4. The van der Waals surface area contributed by atoms with Gasteiger partial charge in [0, 0.05) is 22.6 Å². The van der Waals surface area contributed by atoms with E-state index in [2.05, 4.69) is 0 Å². The molecule has 0 radical (unpaired) electrons. The third-order valence-electron chi connectivity index (χ3n) is 5.81. The second kappa shape index (κ2) is 7.61. The number of nitrogens with one attached hydrogen (secondary N) is 1. The molecule has 0 saturated carbocycles. The molecule has 1 aromatic rings. The molecule has 0 fully saturated rings. The van der Waals surface area contributed by atoms with Crippen LogP contribution in [-0.4, -0.2) is 34.2 Å². The van der Waals surface area contributed by atoms with Crippen LogP contribution in [0.15, 0.2) is 35.5 Å². The van der Waals surface area contributed by atoms with E-state index in [9.17, 15) is 27.6 Å². The van der Waals surface area contributed by atoms with Crippen LogP contribution < -0.4 is 5.32 Å². The number of alkyl halides is 3. The van der Waals surface area contributed by atoms with Crippen molar-refractivity contribution >= 4 is 29.2 Å². The molecule has 1 aromatic carbocycles. The Kier molecular flexibility index (Phi) is 5.78. The fraction of sp³-hybridized carbons (Fsp3) is 0.522. The van der Waals surface area contributed by atoms with Gasteiger partial charge in [-0.15, -0.1) is 0 Å². The van der Waals surface area contributed by atoms with E-state index in [1.54, 1.807) is 38.1 Å². The fourth-order valence-corrected chi connectivity index (χ4v) is 4.34. The first-order valence-corrected chi connectivity index (χ1v) is 10.6. The molecule has 0 saturated heterocycles. The minimum atomic E-state index is -5.22. The zero-order valence-electron chi connectivity index (χ0n) is 18.6. The van der Waals surface area contributed by atoms with Gasteiger partial charge in [0.1, 0.15) is 0 Å². The quantitative estimate of drug-likeness (QED) is 0.690. The van der Waals surface area contributed by atoms with Gasteiger partial charge in [0.15, 0.2) is 5.78 Å². The molecule has 1 atom stereocenters. The standard InChI is InChI=1S/C23H26ClF3N2O3/c1-20(2,3)18(31)28-22(23(25,26)27)17-15(10-21(4,5)11-16(17)30)29(19(22)32)12-13-8-6-7-9-14(13)24/h6-9H,10-12H2,1-5H3,(H,28,31)/t22-/m1/s1. The van der Waals surface area contributed by atoms with Crippen molar-refractivity contribution in [1.29, 1.82) is 0 Å². The first-order chi connectivity index (χ1) is 14.5. The van der Waals surface area contributed by atoms with E-state index in [1.807, 2.05) is 5.32 Å². The third-order valence-corrected chi connectivity index (χ3v) is 6.18. The Labute approximate surface area is 190 Å². The van der Waals surface area contributed by atoms with Crippen molar-refractivity contribution in [3.05, 3.63) is 46.1 Å². The molecule has 1 heterocycles. The number of ketones is 1. The number of nitrogens with zero attached hydrogens (tertiary/aromatic N) is 1. The molecule has 0 bridgehead atoms. The monoisotopic (exact) mass is 470 g/mol. The lowest BCUT2D eigenvalue weighted by molar-refractivity contribution is -0.195. The number of hydrogen-bond donors (Lipinski definition) is 1. The van der Waals surface area contributed by atoms with Gasteiger partial charge in [-0.05, 0) is 23.5 Å². The Bertz CT molecular complexity index is 1020. The molecule has 0 aromatic heterocycles. The molecular formula is C23H26ClF3N2O3. The summed E-state index contributed by atoms with van der Waals surface area (Å²) in [4.78, 5) is 40.3. The van der Waals surface area contributed by atoms with Crippen LogP contribution in [0.25, 0.3) is 0 Å². The number of carbonyl (C=O) groups is 3.